The lowest BCUT2D eigenvalue weighted by Gasteiger charge is -1.89. The van der Waals surface area contributed by atoms with E-state index in [1.807, 2.05) is 0 Å². The van der Waals surface area contributed by atoms with Gasteiger partial charge in [-0.15, -0.1) is 0 Å². The third-order valence-corrected chi connectivity index (χ3v) is 1.22. The third-order valence-electron chi connectivity index (χ3n) is 1.22. The van der Waals surface area contributed by atoms with Gasteiger partial charge in [0.15, 0.2) is 5.83 Å². The molecule has 1 rings (SSSR count). The molecule has 0 unspecified atom stereocenters. The van der Waals surface area contributed by atoms with Crippen LogP contribution in [0.5, 0.6) is 0 Å². The van der Waals surface area contributed by atoms with E-state index in [-0.39, 0.29) is 13.1 Å². The first-order valence-electron chi connectivity index (χ1n) is 2.61. The van der Waals surface area contributed by atoms with Crippen molar-refractivity contribution in [2.24, 2.45) is 5.73 Å². The Balaban J connectivity index is 2.79. The van der Waals surface area contributed by atoms with Gasteiger partial charge >= 0.3 is 0 Å². The van der Waals surface area contributed by atoms with Crippen LogP contribution in [0.15, 0.2) is 11.4 Å². The van der Waals surface area contributed by atoms with Gasteiger partial charge in [-0.3, -0.25) is 4.79 Å². The molecule has 0 fully saturated rings. The summed E-state index contributed by atoms with van der Waals surface area (Å²) in [5, 5.41) is 2.30. The first-order valence-corrected chi connectivity index (χ1v) is 2.61. The van der Waals surface area contributed by atoms with Gasteiger partial charge in [0.05, 0.1) is 0 Å². The molecule has 9 heavy (non-hydrogen) atoms. The zero-order valence-corrected chi connectivity index (χ0v) is 4.78. The molecule has 3 nitrogen and oxygen atoms in total. The van der Waals surface area contributed by atoms with Gasteiger partial charge in [0.2, 0.25) is 0 Å². The number of nitrogens with one attached hydrogen (secondary N) is 1. The highest BCUT2D eigenvalue weighted by molar-refractivity contribution is 5.94. The number of rotatable bonds is 1. The summed E-state index contributed by atoms with van der Waals surface area (Å²) in [5.41, 5.74) is 5.46. The van der Waals surface area contributed by atoms with Gasteiger partial charge in [-0.25, -0.2) is 4.39 Å². The molecular weight excluding hydrogens is 123 g/mol. The van der Waals surface area contributed by atoms with Crippen molar-refractivity contribution < 1.29 is 9.18 Å². The Labute approximate surface area is 51.7 Å². The smallest absolute Gasteiger partial charge is 0.280 e. The quantitative estimate of drug-likeness (QED) is 0.493. The van der Waals surface area contributed by atoms with Crippen LogP contribution in [0.3, 0.4) is 0 Å². The molecule has 0 bridgehead atoms. The second-order valence-corrected chi connectivity index (χ2v) is 1.80. The Morgan fingerprint density at radius 2 is 2.44 bits per heavy atom. The highest BCUT2D eigenvalue weighted by Crippen LogP contribution is 2.09. The first-order chi connectivity index (χ1) is 4.25. The highest BCUT2D eigenvalue weighted by atomic mass is 19.1. The molecule has 1 aliphatic rings. The summed E-state index contributed by atoms with van der Waals surface area (Å²) < 4.78 is 12.4. The summed E-state index contributed by atoms with van der Waals surface area (Å²) in [6, 6.07) is 0. The van der Waals surface area contributed by atoms with E-state index in [0.717, 1.165) is 0 Å². The molecule has 0 spiro atoms. The second kappa shape index (κ2) is 2.14. The predicted octanol–water partition coefficient (Wildman–Crippen LogP) is -0.702. The molecule has 0 aromatic heterocycles. The lowest BCUT2D eigenvalue weighted by molar-refractivity contribution is -0.117. The monoisotopic (exact) mass is 130 g/mol. The number of carbonyl (C=O) groups is 1. The first kappa shape index (κ1) is 6.22. The average Bonchev–Trinajstić information content (AvgIpc) is 2.15. The number of amides is 1. The molecule has 1 aliphatic heterocycles. The third kappa shape index (κ3) is 0.929. The lowest BCUT2D eigenvalue weighted by Crippen LogP contribution is -2.17. The fourth-order valence-electron chi connectivity index (χ4n) is 0.665. The maximum atomic E-state index is 12.4. The van der Waals surface area contributed by atoms with E-state index < -0.39 is 11.7 Å². The van der Waals surface area contributed by atoms with Crippen LogP contribution in [0.4, 0.5) is 4.39 Å². The van der Waals surface area contributed by atoms with Gasteiger partial charge in [0.1, 0.15) is 0 Å². The molecule has 0 radical (unpaired) electrons. The molecule has 3 N–H and O–H groups in total. The molecule has 1 heterocycles. The van der Waals surface area contributed by atoms with E-state index in [9.17, 15) is 9.18 Å². The van der Waals surface area contributed by atoms with Crippen molar-refractivity contribution in [2.45, 2.75) is 0 Å². The van der Waals surface area contributed by atoms with E-state index in [2.05, 4.69) is 5.32 Å². The van der Waals surface area contributed by atoms with Crippen LogP contribution >= 0.6 is 0 Å². The van der Waals surface area contributed by atoms with E-state index in [1.54, 1.807) is 0 Å². The molecule has 50 valence electrons. The van der Waals surface area contributed by atoms with Crippen LogP contribution in [0.2, 0.25) is 0 Å². The molecule has 0 aromatic carbocycles. The number of carbonyl (C=O) groups excluding carboxylic acids is 1. The fraction of sp³-hybridized carbons (Fsp3) is 0.400. The summed E-state index contributed by atoms with van der Waals surface area (Å²) in [7, 11) is 0. The molecule has 4 heteroatoms. The zero-order chi connectivity index (χ0) is 6.85. The minimum absolute atomic E-state index is 0.116. The van der Waals surface area contributed by atoms with E-state index in [0.29, 0.717) is 5.57 Å². The van der Waals surface area contributed by atoms with Crippen molar-refractivity contribution in [3.8, 4) is 0 Å². The molecule has 1 amide bonds. The minimum Gasteiger partial charge on any atom is -0.346 e. The van der Waals surface area contributed by atoms with Gasteiger partial charge < -0.3 is 11.1 Å². The Kier molecular flexibility index (Phi) is 1.48. The molecule has 0 aromatic rings. The van der Waals surface area contributed by atoms with E-state index in [4.69, 9.17) is 5.73 Å². The highest BCUT2D eigenvalue weighted by Gasteiger charge is 2.20. The SMILES string of the molecule is NCC1=C(F)C(=O)NC1. The number of halogens is 1. The Hall–Kier alpha value is -0.900. The predicted molar refractivity (Wildman–Crippen MR) is 30.2 cm³/mol. The zero-order valence-electron chi connectivity index (χ0n) is 4.78. The van der Waals surface area contributed by atoms with Crippen molar-refractivity contribution in [1.82, 2.24) is 5.32 Å². The fourth-order valence-corrected chi connectivity index (χ4v) is 0.665. The minimum atomic E-state index is -0.711. The van der Waals surface area contributed by atoms with Crippen molar-refractivity contribution in [2.75, 3.05) is 13.1 Å². The van der Waals surface area contributed by atoms with Gasteiger partial charge in [-0.1, -0.05) is 0 Å². The topological polar surface area (TPSA) is 55.1 Å². The summed E-state index contributed by atoms with van der Waals surface area (Å²) in [6.07, 6.45) is 0. The largest absolute Gasteiger partial charge is 0.346 e. The van der Waals surface area contributed by atoms with Crippen molar-refractivity contribution in [3.63, 3.8) is 0 Å². The maximum Gasteiger partial charge on any atom is 0.280 e. The van der Waals surface area contributed by atoms with Crippen molar-refractivity contribution >= 4 is 5.91 Å². The Morgan fingerprint density at radius 3 is 2.67 bits per heavy atom. The number of nitrogens with two attached hydrogens (primary N) is 1. The lowest BCUT2D eigenvalue weighted by atomic mass is 10.3. The van der Waals surface area contributed by atoms with Crippen LogP contribution in [0, 0.1) is 0 Å². The summed E-state index contributed by atoms with van der Waals surface area (Å²) in [6.45, 7) is 0.381. The van der Waals surface area contributed by atoms with Crippen molar-refractivity contribution in [3.05, 3.63) is 11.4 Å². The number of hydrogen-bond donors (Lipinski definition) is 2. The maximum absolute atomic E-state index is 12.4. The van der Waals surface area contributed by atoms with Gasteiger partial charge in [-0.05, 0) is 0 Å². The van der Waals surface area contributed by atoms with Crippen LogP contribution in [0.1, 0.15) is 0 Å². The number of hydrogen-bond acceptors (Lipinski definition) is 2. The summed E-state index contributed by atoms with van der Waals surface area (Å²) in [4.78, 5) is 10.3. The molecule has 0 aliphatic carbocycles. The van der Waals surface area contributed by atoms with Crippen LogP contribution in [-0.4, -0.2) is 19.0 Å². The van der Waals surface area contributed by atoms with Crippen LogP contribution in [-0.2, 0) is 4.79 Å². The molecule has 0 saturated carbocycles. The molecule has 0 atom stereocenters. The van der Waals surface area contributed by atoms with Gasteiger partial charge in [-0.2, -0.15) is 0 Å². The Bertz CT molecular complexity index is 176. The van der Waals surface area contributed by atoms with Crippen LogP contribution < -0.4 is 11.1 Å². The standard InChI is InChI=1S/C5H7FN2O/c6-4-3(1-7)2-8-5(4)9/h1-2,7H2,(H,8,9). The van der Waals surface area contributed by atoms with Crippen LogP contribution in [0.25, 0.3) is 0 Å². The normalized spacial score (nSPS) is 18.7. The van der Waals surface area contributed by atoms with Gasteiger partial charge in [0, 0.05) is 18.7 Å². The Morgan fingerprint density at radius 1 is 1.78 bits per heavy atom. The van der Waals surface area contributed by atoms with E-state index >= 15 is 0 Å². The summed E-state index contributed by atoms with van der Waals surface area (Å²) >= 11 is 0. The average molecular weight is 130 g/mol. The molecule has 0 saturated heterocycles. The summed E-state index contributed by atoms with van der Waals surface area (Å²) in [5.74, 6) is -1.35. The van der Waals surface area contributed by atoms with E-state index in [1.165, 1.54) is 0 Å². The molecular formula is C5H7FN2O. The second-order valence-electron chi connectivity index (χ2n) is 1.80. The van der Waals surface area contributed by atoms with Crippen molar-refractivity contribution in [1.29, 1.82) is 0 Å². The van der Waals surface area contributed by atoms with Gasteiger partial charge in [0.25, 0.3) is 5.91 Å².